The van der Waals surface area contributed by atoms with Gasteiger partial charge in [-0.25, -0.2) is 0 Å². The highest BCUT2D eigenvalue weighted by Gasteiger charge is 2.27. The molecular weight excluding hydrogens is 326 g/mol. The fourth-order valence-corrected chi connectivity index (χ4v) is 3.37. The molecule has 0 bridgehead atoms. The Morgan fingerprint density at radius 2 is 1.71 bits per heavy atom. The van der Waals surface area contributed by atoms with Crippen LogP contribution in [0, 0.1) is 0 Å². The third-order valence-electron chi connectivity index (χ3n) is 3.87. The largest absolute Gasteiger partial charge is 0.374 e. The van der Waals surface area contributed by atoms with Crippen molar-refractivity contribution >= 4 is 15.9 Å². The average molecular weight is 346 g/mol. The minimum absolute atomic E-state index is 0.199. The molecule has 1 aliphatic heterocycles. The number of ether oxygens (including phenoxy) is 1. The van der Waals surface area contributed by atoms with Crippen LogP contribution in [0.25, 0.3) is 0 Å². The first-order chi connectivity index (χ1) is 10.3. The second-order valence-corrected chi connectivity index (χ2v) is 6.43. The maximum absolute atomic E-state index is 5.97. The molecule has 0 aromatic heterocycles. The summed E-state index contributed by atoms with van der Waals surface area (Å²) in [7, 11) is 0. The topological polar surface area (TPSA) is 12.5 Å². The van der Waals surface area contributed by atoms with Crippen LogP contribution in [0.2, 0.25) is 0 Å². The quantitative estimate of drug-likeness (QED) is 0.776. The molecule has 1 heterocycles. The summed E-state index contributed by atoms with van der Waals surface area (Å²) < 4.78 is 5.97. The lowest BCUT2D eigenvalue weighted by molar-refractivity contribution is -0.0310. The van der Waals surface area contributed by atoms with Crippen molar-refractivity contribution in [1.29, 1.82) is 0 Å². The summed E-state index contributed by atoms with van der Waals surface area (Å²) in [6.07, 6.45) is 0.199. The van der Waals surface area contributed by atoms with E-state index < -0.39 is 0 Å². The molecule has 1 unspecified atom stereocenters. The number of hydrogen-bond acceptors (Lipinski definition) is 2. The predicted octanol–water partition coefficient (Wildman–Crippen LogP) is 4.02. The van der Waals surface area contributed by atoms with E-state index >= 15 is 0 Å². The van der Waals surface area contributed by atoms with Crippen LogP contribution in [0.3, 0.4) is 0 Å². The van der Waals surface area contributed by atoms with Gasteiger partial charge in [-0.3, -0.25) is 4.90 Å². The Morgan fingerprint density at radius 1 is 1.05 bits per heavy atom. The van der Waals surface area contributed by atoms with Crippen LogP contribution >= 0.6 is 15.9 Å². The SMILES string of the molecule is BrC(c1ccccc1)[C@@H]1CN(Cc2ccccc2)CCO1. The lowest BCUT2D eigenvalue weighted by atomic mass is 10.1. The molecule has 3 heteroatoms. The number of alkyl halides is 1. The fourth-order valence-electron chi connectivity index (χ4n) is 2.75. The summed E-state index contributed by atoms with van der Waals surface area (Å²) >= 11 is 3.81. The van der Waals surface area contributed by atoms with E-state index in [9.17, 15) is 0 Å². The third kappa shape index (κ3) is 3.94. The van der Waals surface area contributed by atoms with Gasteiger partial charge >= 0.3 is 0 Å². The number of morpholine rings is 1. The van der Waals surface area contributed by atoms with Crippen LogP contribution in [-0.2, 0) is 11.3 Å². The molecule has 2 aromatic carbocycles. The molecule has 21 heavy (non-hydrogen) atoms. The highest BCUT2D eigenvalue weighted by atomic mass is 79.9. The Balaban J connectivity index is 1.63. The molecule has 0 N–H and O–H groups in total. The van der Waals surface area contributed by atoms with Crippen LogP contribution in [-0.4, -0.2) is 30.7 Å². The number of hydrogen-bond donors (Lipinski definition) is 0. The average Bonchev–Trinajstić information content (AvgIpc) is 2.56. The van der Waals surface area contributed by atoms with Gasteiger partial charge in [0.15, 0.2) is 0 Å². The van der Waals surface area contributed by atoms with E-state index in [2.05, 4.69) is 75.4 Å². The Labute approximate surface area is 134 Å². The Hall–Kier alpha value is -1.16. The normalized spacial score (nSPS) is 21.1. The molecular formula is C18H20BrNO. The first-order valence-electron chi connectivity index (χ1n) is 7.40. The number of halogens is 1. The zero-order valence-corrected chi connectivity index (χ0v) is 13.6. The van der Waals surface area contributed by atoms with Crippen LogP contribution in [0.1, 0.15) is 16.0 Å². The van der Waals surface area contributed by atoms with Crippen molar-refractivity contribution < 1.29 is 4.74 Å². The smallest absolute Gasteiger partial charge is 0.0868 e. The summed E-state index contributed by atoms with van der Waals surface area (Å²) in [4.78, 5) is 2.72. The van der Waals surface area contributed by atoms with E-state index in [4.69, 9.17) is 4.74 Å². The van der Waals surface area contributed by atoms with Crippen molar-refractivity contribution in [1.82, 2.24) is 4.90 Å². The van der Waals surface area contributed by atoms with Gasteiger partial charge in [0.05, 0.1) is 17.5 Å². The maximum atomic E-state index is 5.97. The molecule has 2 aromatic rings. The maximum Gasteiger partial charge on any atom is 0.0868 e. The zero-order valence-electron chi connectivity index (χ0n) is 12.0. The van der Waals surface area contributed by atoms with Crippen molar-refractivity contribution in [3.8, 4) is 0 Å². The number of rotatable bonds is 4. The lowest BCUT2D eigenvalue weighted by Crippen LogP contribution is -2.43. The van der Waals surface area contributed by atoms with Gasteiger partial charge in [-0.15, -0.1) is 0 Å². The molecule has 3 rings (SSSR count). The minimum Gasteiger partial charge on any atom is -0.374 e. The van der Waals surface area contributed by atoms with Gasteiger partial charge in [0.2, 0.25) is 0 Å². The molecule has 2 nitrogen and oxygen atoms in total. The first kappa shape index (κ1) is 14.8. The van der Waals surface area contributed by atoms with Crippen molar-refractivity contribution in [2.75, 3.05) is 19.7 Å². The van der Waals surface area contributed by atoms with E-state index in [0.717, 1.165) is 26.2 Å². The first-order valence-corrected chi connectivity index (χ1v) is 8.31. The summed E-state index contributed by atoms with van der Waals surface area (Å²) in [5.41, 5.74) is 2.65. The van der Waals surface area contributed by atoms with Crippen molar-refractivity contribution in [2.45, 2.75) is 17.5 Å². The predicted molar refractivity (Wildman–Crippen MR) is 89.6 cm³/mol. The second-order valence-electron chi connectivity index (χ2n) is 5.44. The number of nitrogens with zero attached hydrogens (tertiary/aromatic N) is 1. The standard InChI is InChI=1S/C18H20BrNO/c19-18(16-9-5-2-6-10-16)17-14-20(11-12-21-17)13-15-7-3-1-4-8-15/h1-10,17-18H,11-14H2/t17-,18?/m0/s1. The molecule has 0 radical (unpaired) electrons. The monoisotopic (exact) mass is 345 g/mol. The second kappa shape index (κ2) is 7.21. The van der Waals surface area contributed by atoms with E-state index in [1.165, 1.54) is 11.1 Å². The molecule has 1 saturated heterocycles. The molecule has 0 aliphatic carbocycles. The summed E-state index contributed by atoms with van der Waals surface area (Å²) in [6.45, 7) is 3.75. The third-order valence-corrected chi connectivity index (χ3v) is 4.99. The summed E-state index contributed by atoms with van der Waals surface area (Å²) in [5, 5.41) is 0. The Morgan fingerprint density at radius 3 is 2.43 bits per heavy atom. The van der Waals surface area contributed by atoms with Crippen LogP contribution in [0.4, 0.5) is 0 Å². The van der Waals surface area contributed by atoms with Gasteiger partial charge in [0.1, 0.15) is 0 Å². The molecule has 0 amide bonds. The molecule has 2 atom stereocenters. The van der Waals surface area contributed by atoms with E-state index in [0.29, 0.717) is 0 Å². The van der Waals surface area contributed by atoms with E-state index in [-0.39, 0.29) is 10.9 Å². The Kier molecular flexibility index (Phi) is 5.07. The molecule has 1 fully saturated rings. The van der Waals surface area contributed by atoms with E-state index in [1.807, 2.05) is 6.07 Å². The molecule has 1 aliphatic rings. The van der Waals surface area contributed by atoms with Gasteiger partial charge in [-0.05, 0) is 11.1 Å². The van der Waals surface area contributed by atoms with Gasteiger partial charge in [0.25, 0.3) is 0 Å². The fraction of sp³-hybridized carbons (Fsp3) is 0.333. The van der Waals surface area contributed by atoms with Gasteiger partial charge in [-0.2, -0.15) is 0 Å². The van der Waals surface area contributed by atoms with Crippen molar-refractivity contribution in [2.24, 2.45) is 0 Å². The molecule has 110 valence electrons. The Bertz CT molecular complexity index is 546. The highest BCUT2D eigenvalue weighted by molar-refractivity contribution is 9.09. The van der Waals surface area contributed by atoms with Crippen LogP contribution in [0.5, 0.6) is 0 Å². The van der Waals surface area contributed by atoms with Gasteiger partial charge < -0.3 is 4.74 Å². The minimum atomic E-state index is 0.199. The molecule has 0 spiro atoms. The summed E-state index contributed by atoms with van der Waals surface area (Å²) in [5.74, 6) is 0. The van der Waals surface area contributed by atoms with Crippen molar-refractivity contribution in [3.63, 3.8) is 0 Å². The summed E-state index contributed by atoms with van der Waals surface area (Å²) in [6, 6.07) is 21.2. The van der Waals surface area contributed by atoms with Gasteiger partial charge in [0, 0.05) is 19.6 Å². The molecule has 0 saturated carbocycles. The lowest BCUT2D eigenvalue weighted by Gasteiger charge is -2.35. The zero-order chi connectivity index (χ0) is 14.5. The van der Waals surface area contributed by atoms with Gasteiger partial charge in [-0.1, -0.05) is 76.6 Å². The highest BCUT2D eigenvalue weighted by Crippen LogP contribution is 2.30. The van der Waals surface area contributed by atoms with E-state index in [1.54, 1.807) is 0 Å². The van der Waals surface area contributed by atoms with Crippen molar-refractivity contribution in [3.05, 3.63) is 71.8 Å². The number of benzene rings is 2. The van der Waals surface area contributed by atoms with Crippen LogP contribution < -0.4 is 0 Å². The van der Waals surface area contributed by atoms with Crippen LogP contribution in [0.15, 0.2) is 60.7 Å².